The van der Waals surface area contributed by atoms with Gasteiger partial charge in [-0.3, -0.25) is 4.79 Å². The minimum absolute atomic E-state index is 0.00451. The number of carbonyl (C=O) groups excluding carboxylic acids is 1. The first-order valence-electron chi connectivity index (χ1n) is 8.37. The van der Waals surface area contributed by atoms with Crippen LogP contribution in [0.2, 0.25) is 0 Å². The SMILES string of the molecule is CCCCC(CC)COC(=O)C(CC(C)(C)C)C(C)C. The summed E-state index contributed by atoms with van der Waals surface area (Å²) in [5.74, 6) is 0.905. The summed E-state index contributed by atoms with van der Waals surface area (Å²) < 4.78 is 5.62. The molecule has 0 N–H and O–H groups in total. The van der Waals surface area contributed by atoms with Crippen LogP contribution in [0.4, 0.5) is 0 Å². The average Bonchev–Trinajstić information content (AvgIpc) is 2.34. The van der Waals surface area contributed by atoms with E-state index in [4.69, 9.17) is 4.74 Å². The van der Waals surface area contributed by atoms with Crippen molar-refractivity contribution in [3.8, 4) is 0 Å². The van der Waals surface area contributed by atoms with Gasteiger partial charge in [-0.15, -0.1) is 0 Å². The Morgan fingerprint density at radius 2 is 1.75 bits per heavy atom. The van der Waals surface area contributed by atoms with Crippen molar-refractivity contribution in [2.75, 3.05) is 6.61 Å². The summed E-state index contributed by atoms with van der Waals surface area (Å²) in [6, 6.07) is 0. The fraction of sp³-hybridized carbons (Fsp3) is 0.944. The van der Waals surface area contributed by atoms with Crippen LogP contribution in [0.25, 0.3) is 0 Å². The highest BCUT2D eigenvalue weighted by atomic mass is 16.5. The predicted octanol–water partition coefficient (Wildman–Crippen LogP) is 5.45. The monoisotopic (exact) mass is 284 g/mol. The molecule has 0 aliphatic heterocycles. The van der Waals surface area contributed by atoms with Crippen LogP contribution in [0.15, 0.2) is 0 Å². The second-order valence-corrected chi connectivity index (χ2v) is 7.66. The Morgan fingerprint density at radius 3 is 2.15 bits per heavy atom. The molecular formula is C18H36O2. The maximum absolute atomic E-state index is 12.3. The van der Waals surface area contributed by atoms with E-state index in [-0.39, 0.29) is 17.3 Å². The second-order valence-electron chi connectivity index (χ2n) is 7.66. The molecule has 2 atom stereocenters. The van der Waals surface area contributed by atoms with E-state index in [1.807, 2.05) is 0 Å². The van der Waals surface area contributed by atoms with Crippen LogP contribution in [0.1, 0.15) is 80.6 Å². The first kappa shape index (κ1) is 19.5. The fourth-order valence-electron chi connectivity index (χ4n) is 2.46. The Kier molecular flexibility index (Phi) is 9.16. The highest BCUT2D eigenvalue weighted by molar-refractivity contribution is 5.72. The highest BCUT2D eigenvalue weighted by Crippen LogP contribution is 2.30. The molecule has 20 heavy (non-hydrogen) atoms. The number of ether oxygens (including phenoxy) is 1. The van der Waals surface area contributed by atoms with E-state index >= 15 is 0 Å². The van der Waals surface area contributed by atoms with Crippen LogP contribution in [-0.2, 0) is 9.53 Å². The standard InChI is InChI=1S/C18H36O2/c1-8-10-11-15(9-2)13-20-17(19)16(14(3)4)12-18(5,6)7/h14-16H,8-13H2,1-7H3. The molecular weight excluding hydrogens is 248 g/mol. The van der Waals surface area contributed by atoms with E-state index in [0.29, 0.717) is 18.4 Å². The van der Waals surface area contributed by atoms with E-state index in [0.717, 1.165) is 12.8 Å². The van der Waals surface area contributed by atoms with Crippen molar-refractivity contribution in [3.63, 3.8) is 0 Å². The molecule has 120 valence electrons. The first-order chi connectivity index (χ1) is 9.21. The lowest BCUT2D eigenvalue weighted by Gasteiger charge is -2.28. The number of esters is 1. The number of hydrogen-bond donors (Lipinski definition) is 0. The summed E-state index contributed by atoms with van der Waals surface area (Å²) in [6.45, 7) is 15.8. The van der Waals surface area contributed by atoms with Gasteiger partial charge in [0.2, 0.25) is 0 Å². The van der Waals surface area contributed by atoms with Gasteiger partial charge in [-0.25, -0.2) is 0 Å². The number of unbranched alkanes of at least 4 members (excludes halogenated alkanes) is 1. The van der Waals surface area contributed by atoms with Crippen LogP contribution in [-0.4, -0.2) is 12.6 Å². The van der Waals surface area contributed by atoms with Crippen molar-refractivity contribution in [2.24, 2.45) is 23.2 Å². The maximum atomic E-state index is 12.3. The lowest BCUT2D eigenvalue weighted by atomic mass is 9.80. The molecule has 0 saturated carbocycles. The summed E-state index contributed by atoms with van der Waals surface area (Å²) in [5, 5.41) is 0. The topological polar surface area (TPSA) is 26.3 Å². The molecule has 0 aromatic carbocycles. The predicted molar refractivity (Wildman–Crippen MR) is 86.7 cm³/mol. The van der Waals surface area contributed by atoms with Gasteiger partial charge in [-0.2, -0.15) is 0 Å². The van der Waals surface area contributed by atoms with E-state index < -0.39 is 0 Å². The Hall–Kier alpha value is -0.530. The maximum Gasteiger partial charge on any atom is 0.309 e. The molecule has 0 spiro atoms. The molecule has 0 amide bonds. The summed E-state index contributed by atoms with van der Waals surface area (Å²) in [5.41, 5.74) is 0.167. The first-order valence-corrected chi connectivity index (χ1v) is 8.37. The summed E-state index contributed by atoms with van der Waals surface area (Å²) >= 11 is 0. The van der Waals surface area contributed by atoms with E-state index in [1.165, 1.54) is 19.3 Å². The quantitative estimate of drug-likeness (QED) is 0.526. The Bertz CT molecular complexity index is 263. The Balaban J connectivity index is 4.38. The molecule has 2 heteroatoms. The summed E-state index contributed by atoms with van der Waals surface area (Å²) in [4.78, 5) is 12.3. The van der Waals surface area contributed by atoms with E-state index in [9.17, 15) is 4.79 Å². The molecule has 0 bridgehead atoms. The third-order valence-corrected chi connectivity index (χ3v) is 3.94. The van der Waals surface area contributed by atoms with Crippen molar-refractivity contribution >= 4 is 5.97 Å². The average molecular weight is 284 g/mol. The van der Waals surface area contributed by atoms with Gasteiger partial charge in [-0.1, -0.05) is 67.7 Å². The molecule has 0 fully saturated rings. The lowest BCUT2D eigenvalue weighted by molar-refractivity contribution is -0.153. The van der Waals surface area contributed by atoms with Crippen LogP contribution >= 0.6 is 0 Å². The molecule has 0 saturated heterocycles. The smallest absolute Gasteiger partial charge is 0.309 e. The van der Waals surface area contributed by atoms with E-state index in [1.54, 1.807) is 0 Å². The molecule has 0 aromatic rings. The van der Waals surface area contributed by atoms with Crippen LogP contribution in [0.3, 0.4) is 0 Å². The molecule has 2 nitrogen and oxygen atoms in total. The van der Waals surface area contributed by atoms with Crippen LogP contribution < -0.4 is 0 Å². The van der Waals surface area contributed by atoms with Crippen molar-refractivity contribution in [1.29, 1.82) is 0 Å². The normalized spacial score (nSPS) is 15.2. The molecule has 0 aliphatic carbocycles. The minimum atomic E-state index is 0.00451. The number of carbonyl (C=O) groups is 1. The van der Waals surface area contributed by atoms with Gasteiger partial charge in [0.25, 0.3) is 0 Å². The van der Waals surface area contributed by atoms with Gasteiger partial charge < -0.3 is 4.74 Å². The zero-order valence-electron chi connectivity index (χ0n) is 14.8. The molecule has 0 rings (SSSR count). The van der Waals surface area contributed by atoms with Crippen molar-refractivity contribution < 1.29 is 9.53 Å². The number of hydrogen-bond acceptors (Lipinski definition) is 2. The number of rotatable bonds is 9. The second kappa shape index (κ2) is 9.41. The molecule has 0 radical (unpaired) electrons. The summed E-state index contributed by atoms with van der Waals surface area (Å²) in [7, 11) is 0. The summed E-state index contributed by atoms with van der Waals surface area (Å²) in [6.07, 6.45) is 5.61. The largest absolute Gasteiger partial charge is 0.465 e. The van der Waals surface area contributed by atoms with Gasteiger partial charge in [0, 0.05) is 0 Å². The Labute approximate surface area is 126 Å². The van der Waals surface area contributed by atoms with Crippen molar-refractivity contribution in [3.05, 3.63) is 0 Å². The zero-order valence-corrected chi connectivity index (χ0v) is 14.8. The van der Waals surface area contributed by atoms with Gasteiger partial charge in [0.05, 0.1) is 12.5 Å². The Morgan fingerprint density at radius 1 is 1.15 bits per heavy atom. The molecule has 0 heterocycles. The zero-order chi connectivity index (χ0) is 15.8. The molecule has 0 aliphatic rings. The van der Waals surface area contributed by atoms with Crippen molar-refractivity contribution in [1.82, 2.24) is 0 Å². The fourth-order valence-corrected chi connectivity index (χ4v) is 2.46. The van der Waals surface area contributed by atoms with Crippen LogP contribution in [0, 0.1) is 23.2 Å². The molecule has 0 aromatic heterocycles. The van der Waals surface area contributed by atoms with E-state index in [2.05, 4.69) is 48.5 Å². The molecule has 2 unspecified atom stereocenters. The van der Waals surface area contributed by atoms with Crippen LogP contribution in [0.5, 0.6) is 0 Å². The van der Waals surface area contributed by atoms with Crippen molar-refractivity contribution in [2.45, 2.75) is 80.6 Å². The third kappa shape index (κ3) is 8.60. The van der Waals surface area contributed by atoms with Gasteiger partial charge in [0.15, 0.2) is 0 Å². The third-order valence-electron chi connectivity index (χ3n) is 3.94. The highest BCUT2D eigenvalue weighted by Gasteiger charge is 2.29. The van der Waals surface area contributed by atoms with Gasteiger partial charge >= 0.3 is 5.97 Å². The van der Waals surface area contributed by atoms with Gasteiger partial charge in [0.1, 0.15) is 0 Å². The minimum Gasteiger partial charge on any atom is -0.465 e. The van der Waals surface area contributed by atoms with Gasteiger partial charge in [-0.05, 0) is 30.1 Å². The lowest BCUT2D eigenvalue weighted by Crippen LogP contribution is -2.28.